The largest absolute Gasteiger partial charge is 0.335 e. The molecule has 1 saturated heterocycles. The predicted octanol–water partition coefficient (Wildman–Crippen LogP) is 4.52. The van der Waals surface area contributed by atoms with E-state index in [9.17, 15) is 18.8 Å². The Morgan fingerprint density at radius 2 is 1.56 bits per heavy atom. The number of hydrogen-bond donors (Lipinski definition) is 1. The number of anilines is 1. The van der Waals surface area contributed by atoms with Crippen LogP contribution >= 0.6 is 0 Å². The summed E-state index contributed by atoms with van der Waals surface area (Å²) in [4.78, 5) is 38.7. The number of urea groups is 1. The van der Waals surface area contributed by atoms with Gasteiger partial charge in [-0.3, -0.25) is 14.9 Å². The summed E-state index contributed by atoms with van der Waals surface area (Å²) in [6.45, 7) is 7.89. The lowest BCUT2D eigenvalue weighted by atomic mass is 10.1. The molecule has 1 fully saturated rings. The van der Waals surface area contributed by atoms with Gasteiger partial charge in [0, 0.05) is 17.1 Å². The van der Waals surface area contributed by atoms with Crippen molar-refractivity contribution >= 4 is 29.6 Å². The van der Waals surface area contributed by atoms with Crippen molar-refractivity contribution in [2.75, 3.05) is 4.90 Å². The number of aromatic nitrogens is 1. The van der Waals surface area contributed by atoms with Gasteiger partial charge in [-0.05, 0) is 86.9 Å². The molecule has 162 valence electrons. The molecule has 3 aromatic rings. The number of nitrogens with one attached hydrogen (secondary N) is 1. The SMILES string of the molecule is Cc1cc(C)cc(-n2c(C)cc(/C=C3\C(=O)NC(=O)N(c4cccc(F)c4)C3=O)c2C)c1. The normalized spacial score (nSPS) is 15.5. The van der Waals surface area contributed by atoms with Gasteiger partial charge in [0.25, 0.3) is 11.8 Å². The second-order valence-electron chi connectivity index (χ2n) is 7.95. The molecule has 6 nitrogen and oxygen atoms in total. The Balaban J connectivity index is 1.78. The summed E-state index contributed by atoms with van der Waals surface area (Å²) in [5.41, 5.74) is 5.53. The third-order valence-corrected chi connectivity index (χ3v) is 5.40. The van der Waals surface area contributed by atoms with Crippen molar-refractivity contribution < 1.29 is 18.8 Å². The van der Waals surface area contributed by atoms with Crippen LogP contribution in [0.5, 0.6) is 0 Å². The predicted molar refractivity (Wildman–Crippen MR) is 120 cm³/mol. The minimum Gasteiger partial charge on any atom is -0.318 e. The Morgan fingerprint density at radius 1 is 0.875 bits per heavy atom. The summed E-state index contributed by atoms with van der Waals surface area (Å²) >= 11 is 0. The number of halogens is 1. The molecule has 7 heteroatoms. The summed E-state index contributed by atoms with van der Waals surface area (Å²) < 4.78 is 15.7. The molecule has 0 aliphatic carbocycles. The minimum absolute atomic E-state index is 0.0478. The molecule has 4 amide bonds. The number of rotatable bonds is 3. The highest BCUT2D eigenvalue weighted by Gasteiger charge is 2.37. The fourth-order valence-electron chi connectivity index (χ4n) is 4.07. The molecule has 2 aromatic carbocycles. The van der Waals surface area contributed by atoms with Crippen molar-refractivity contribution in [3.8, 4) is 5.69 Å². The number of hydrogen-bond acceptors (Lipinski definition) is 3. The average molecular weight is 431 g/mol. The van der Waals surface area contributed by atoms with Crippen LogP contribution in [0.1, 0.15) is 28.1 Å². The van der Waals surface area contributed by atoms with Gasteiger partial charge in [-0.15, -0.1) is 0 Å². The van der Waals surface area contributed by atoms with E-state index >= 15 is 0 Å². The molecule has 2 heterocycles. The Hall–Kier alpha value is -4.00. The first-order valence-electron chi connectivity index (χ1n) is 10.1. The molecular formula is C25H22FN3O3. The molecule has 0 atom stereocenters. The van der Waals surface area contributed by atoms with Gasteiger partial charge in [0.15, 0.2) is 0 Å². The molecule has 1 aliphatic heterocycles. The molecule has 1 aliphatic rings. The van der Waals surface area contributed by atoms with Gasteiger partial charge in [-0.1, -0.05) is 12.1 Å². The number of aryl methyl sites for hydroxylation is 3. The molecule has 32 heavy (non-hydrogen) atoms. The first kappa shape index (κ1) is 21.2. The Labute approximate surface area is 185 Å². The van der Waals surface area contributed by atoms with Crippen LogP contribution in [0.3, 0.4) is 0 Å². The number of nitrogens with zero attached hydrogens (tertiary/aromatic N) is 2. The smallest absolute Gasteiger partial charge is 0.318 e. The zero-order valence-corrected chi connectivity index (χ0v) is 18.2. The van der Waals surface area contributed by atoms with Crippen LogP contribution in [-0.4, -0.2) is 22.4 Å². The fraction of sp³-hybridized carbons (Fsp3) is 0.160. The molecule has 0 spiro atoms. The highest BCUT2D eigenvalue weighted by molar-refractivity contribution is 6.39. The third kappa shape index (κ3) is 3.73. The number of benzene rings is 2. The van der Waals surface area contributed by atoms with Gasteiger partial charge in [-0.2, -0.15) is 0 Å². The number of carbonyl (C=O) groups is 3. The standard InChI is InChI=1S/C25H22FN3O3/c1-14-8-15(2)10-21(9-14)28-16(3)11-18(17(28)4)12-22-23(30)27-25(32)29(24(22)31)20-7-5-6-19(26)13-20/h5-13H,1-4H3,(H,27,30,32)/b22-12+. The second-order valence-corrected chi connectivity index (χ2v) is 7.95. The lowest BCUT2D eigenvalue weighted by molar-refractivity contribution is -0.122. The van der Waals surface area contributed by atoms with Gasteiger partial charge in [0.1, 0.15) is 11.4 Å². The van der Waals surface area contributed by atoms with Crippen molar-refractivity contribution in [3.63, 3.8) is 0 Å². The van der Waals surface area contributed by atoms with Gasteiger partial charge in [0.05, 0.1) is 5.69 Å². The molecular weight excluding hydrogens is 409 g/mol. The first-order chi connectivity index (χ1) is 15.2. The van der Waals surface area contributed by atoms with Crippen LogP contribution < -0.4 is 10.2 Å². The molecule has 0 radical (unpaired) electrons. The quantitative estimate of drug-likeness (QED) is 0.490. The van der Waals surface area contributed by atoms with Crippen molar-refractivity contribution in [2.45, 2.75) is 27.7 Å². The van der Waals surface area contributed by atoms with Crippen molar-refractivity contribution in [1.29, 1.82) is 0 Å². The highest BCUT2D eigenvalue weighted by atomic mass is 19.1. The monoisotopic (exact) mass is 431 g/mol. The Morgan fingerprint density at radius 3 is 2.22 bits per heavy atom. The maximum Gasteiger partial charge on any atom is 0.335 e. The van der Waals surface area contributed by atoms with E-state index in [0.29, 0.717) is 5.56 Å². The van der Waals surface area contributed by atoms with E-state index in [1.165, 1.54) is 24.3 Å². The van der Waals surface area contributed by atoms with Crippen LogP contribution in [0.4, 0.5) is 14.9 Å². The molecule has 1 aromatic heterocycles. The van der Waals surface area contributed by atoms with E-state index in [1.54, 1.807) is 0 Å². The minimum atomic E-state index is -0.913. The Kier molecular flexibility index (Phi) is 5.26. The highest BCUT2D eigenvalue weighted by Crippen LogP contribution is 2.27. The molecule has 0 bridgehead atoms. The van der Waals surface area contributed by atoms with Crippen molar-refractivity contribution in [3.05, 3.63) is 88.0 Å². The van der Waals surface area contributed by atoms with E-state index in [4.69, 9.17) is 0 Å². The van der Waals surface area contributed by atoms with E-state index in [-0.39, 0.29) is 11.3 Å². The second kappa shape index (κ2) is 7.92. The summed E-state index contributed by atoms with van der Waals surface area (Å²) in [6.07, 6.45) is 1.47. The van der Waals surface area contributed by atoms with Crippen molar-refractivity contribution in [2.24, 2.45) is 0 Å². The number of imide groups is 2. The third-order valence-electron chi connectivity index (χ3n) is 5.40. The summed E-state index contributed by atoms with van der Waals surface area (Å²) in [5.74, 6) is -2.19. The zero-order valence-electron chi connectivity index (χ0n) is 18.2. The van der Waals surface area contributed by atoms with Crippen LogP contribution in [0.25, 0.3) is 11.8 Å². The lowest BCUT2D eigenvalue weighted by Crippen LogP contribution is -2.54. The maximum atomic E-state index is 13.7. The van der Waals surface area contributed by atoms with E-state index < -0.39 is 23.7 Å². The molecule has 1 N–H and O–H groups in total. The zero-order chi connectivity index (χ0) is 23.2. The van der Waals surface area contributed by atoms with Crippen LogP contribution in [0, 0.1) is 33.5 Å². The van der Waals surface area contributed by atoms with E-state index in [1.807, 2.05) is 38.3 Å². The topological polar surface area (TPSA) is 71.4 Å². The molecule has 0 unspecified atom stereocenters. The van der Waals surface area contributed by atoms with Crippen LogP contribution in [0.2, 0.25) is 0 Å². The van der Waals surface area contributed by atoms with Crippen molar-refractivity contribution in [1.82, 2.24) is 9.88 Å². The Bertz CT molecular complexity index is 1300. The number of carbonyl (C=O) groups excluding carboxylic acids is 3. The molecule has 4 rings (SSSR count). The maximum absolute atomic E-state index is 13.7. The van der Waals surface area contributed by atoms with E-state index in [2.05, 4.69) is 23.5 Å². The van der Waals surface area contributed by atoms with E-state index in [0.717, 1.165) is 39.2 Å². The van der Waals surface area contributed by atoms with Crippen LogP contribution in [0.15, 0.2) is 54.1 Å². The summed E-state index contributed by atoms with van der Waals surface area (Å²) in [7, 11) is 0. The van der Waals surface area contributed by atoms with Gasteiger partial charge >= 0.3 is 6.03 Å². The first-order valence-corrected chi connectivity index (χ1v) is 10.1. The number of barbiturate groups is 1. The number of amides is 4. The van der Waals surface area contributed by atoms with Gasteiger partial charge < -0.3 is 4.57 Å². The average Bonchev–Trinajstić information content (AvgIpc) is 2.97. The van der Waals surface area contributed by atoms with Gasteiger partial charge in [-0.25, -0.2) is 14.1 Å². The summed E-state index contributed by atoms with van der Waals surface area (Å²) in [6, 6.07) is 12.3. The fourth-order valence-corrected chi connectivity index (χ4v) is 4.07. The van der Waals surface area contributed by atoms with Gasteiger partial charge in [0.2, 0.25) is 0 Å². The lowest BCUT2D eigenvalue weighted by Gasteiger charge is -2.26. The van der Waals surface area contributed by atoms with Crippen LogP contribution in [-0.2, 0) is 9.59 Å². The molecule has 0 saturated carbocycles. The summed E-state index contributed by atoms with van der Waals surface area (Å²) in [5, 5.41) is 2.17.